The van der Waals surface area contributed by atoms with E-state index >= 15 is 0 Å². The summed E-state index contributed by atoms with van der Waals surface area (Å²) in [6.07, 6.45) is 0.0455. The molecule has 0 aliphatic carbocycles. The third-order valence-electron chi connectivity index (χ3n) is 4.02. The predicted octanol–water partition coefficient (Wildman–Crippen LogP) is 3.15. The second-order valence-corrected chi connectivity index (χ2v) is 6.91. The van der Waals surface area contributed by atoms with Crippen LogP contribution < -0.4 is 0 Å². The zero-order valence-corrected chi connectivity index (χ0v) is 14.9. The van der Waals surface area contributed by atoms with Crippen LogP contribution in [-0.2, 0) is 19.1 Å². The van der Waals surface area contributed by atoms with Crippen LogP contribution in [-0.4, -0.2) is 29.9 Å². The average Bonchev–Trinajstić information content (AvgIpc) is 2.69. The fourth-order valence-electron chi connectivity index (χ4n) is 2.77. The van der Waals surface area contributed by atoms with Crippen LogP contribution in [0.25, 0.3) is 0 Å². The second kappa shape index (κ2) is 6.83. The number of ether oxygens (including phenoxy) is 2. The molecule has 1 fully saturated rings. The molecule has 0 saturated carbocycles. The molecule has 1 aliphatic rings. The number of carbonyl (C=O) groups excluding carboxylic acids is 3. The Balaban J connectivity index is 2.22. The van der Waals surface area contributed by atoms with Gasteiger partial charge < -0.3 is 9.47 Å². The van der Waals surface area contributed by atoms with Crippen molar-refractivity contribution in [2.45, 2.75) is 32.8 Å². The standard InChI is InChI=1S/C17H19BrO5/c1-4-22-15(20)14-12(17(2,3)23-16(14)21)9-13(19)10-5-7-11(18)8-6-10/h5-8,12,14H,4,9H2,1-3H3/t12-,14+/m1/s1. The van der Waals surface area contributed by atoms with Gasteiger partial charge in [-0.3, -0.25) is 14.4 Å². The summed E-state index contributed by atoms with van der Waals surface area (Å²) in [7, 11) is 0. The Morgan fingerprint density at radius 3 is 2.43 bits per heavy atom. The van der Waals surface area contributed by atoms with Gasteiger partial charge in [0.1, 0.15) is 5.60 Å². The molecule has 1 aromatic carbocycles. The van der Waals surface area contributed by atoms with Gasteiger partial charge in [0.05, 0.1) is 6.61 Å². The first-order valence-electron chi connectivity index (χ1n) is 7.44. The van der Waals surface area contributed by atoms with Crippen LogP contribution in [0.15, 0.2) is 28.7 Å². The Labute approximate surface area is 143 Å². The van der Waals surface area contributed by atoms with Crippen molar-refractivity contribution in [1.29, 1.82) is 0 Å². The van der Waals surface area contributed by atoms with Gasteiger partial charge in [-0.25, -0.2) is 0 Å². The third-order valence-corrected chi connectivity index (χ3v) is 4.55. The molecule has 1 saturated heterocycles. The molecule has 0 spiro atoms. The average molecular weight is 383 g/mol. The van der Waals surface area contributed by atoms with E-state index in [2.05, 4.69) is 15.9 Å². The summed E-state index contributed by atoms with van der Waals surface area (Å²) in [6.45, 7) is 5.27. The van der Waals surface area contributed by atoms with Gasteiger partial charge in [-0.2, -0.15) is 0 Å². The van der Waals surface area contributed by atoms with Crippen molar-refractivity contribution in [1.82, 2.24) is 0 Å². The maximum atomic E-state index is 12.5. The molecule has 0 unspecified atom stereocenters. The van der Waals surface area contributed by atoms with Crippen molar-refractivity contribution >= 4 is 33.7 Å². The van der Waals surface area contributed by atoms with E-state index in [-0.39, 0.29) is 18.8 Å². The highest BCUT2D eigenvalue weighted by molar-refractivity contribution is 9.10. The van der Waals surface area contributed by atoms with Crippen LogP contribution in [0.1, 0.15) is 37.6 Å². The van der Waals surface area contributed by atoms with E-state index in [0.29, 0.717) is 5.56 Å². The maximum absolute atomic E-state index is 12.5. The Kier molecular flexibility index (Phi) is 5.24. The number of carbonyl (C=O) groups is 3. The zero-order valence-electron chi connectivity index (χ0n) is 13.3. The highest BCUT2D eigenvalue weighted by Crippen LogP contribution is 2.40. The lowest BCUT2D eigenvalue weighted by Gasteiger charge is -2.25. The van der Waals surface area contributed by atoms with Crippen LogP contribution in [0.2, 0.25) is 0 Å². The van der Waals surface area contributed by atoms with E-state index < -0.39 is 29.4 Å². The van der Waals surface area contributed by atoms with E-state index in [1.807, 2.05) is 0 Å². The third kappa shape index (κ3) is 3.80. The number of hydrogen-bond donors (Lipinski definition) is 0. The SMILES string of the molecule is CCOC(=O)[C@H]1C(=O)OC(C)(C)[C@@H]1CC(=O)c1ccc(Br)cc1. The van der Waals surface area contributed by atoms with E-state index in [0.717, 1.165) is 4.47 Å². The predicted molar refractivity (Wildman–Crippen MR) is 86.9 cm³/mol. The summed E-state index contributed by atoms with van der Waals surface area (Å²) in [5.41, 5.74) is -0.356. The number of ketones is 1. The van der Waals surface area contributed by atoms with Crippen molar-refractivity contribution in [2.75, 3.05) is 6.61 Å². The van der Waals surface area contributed by atoms with E-state index in [4.69, 9.17) is 9.47 Å². The number of halogens is 1. The highest BCUT2D eigenvalue weighted by Gasteiger charge is 2.54. The molecule has 23 heavy (non-hydrogen) atoms. The molecular formula is C17H19BrO5. The van der Waals surface area contributed by atoms with Crippen LogP contribution >= 0.6 is 15.9 Å². The Morgan fingerprint density at radius 1 is 1.26 bits per heavy atom. The molecule has 0 aromatic heterocycles. The molecule has 6 heteroatoms. The van der Waals surface area contributed by atoms with Gasteiger partial charge in [0.15, 0.2) is 11.7 Å². The van der Waals surface area contributed by atoms with Crippen molar-refractivity contribution in [3.05, 3.63) is 34.3 Å². The summed E-state index contributed by atoms with van der Waals surface area (Å²) in [6, 6.07) is 6.96. The summed E-state index contributed by atoms with van der Waals surface area (Å²) in [4.78, 5) is 36.6. The van der Waals surface area contributed by atoms with E-state index in [1.165, 1.54) is 0 Å². The minimum Gasteiger partial charge on any atom is -0.465 e. The van der Waals surface area contributed by atoms with Crippen molar-refractivity contribution in [3.8, 4) is 0 Å². The molecule has 0 amide bonds. The van der Waals surface area contributed by atoms with Gasteiger partial charge in [0, 0.05) is 22.4 Å². The zero-order chi connectivity index (χ0) is 17.2. The first-order valence-corrected chi connectivity index (χ1v) is 8.24. The summed E-state index contributed by atoms with van der Waals surface area (Å²) < 4.78 is 11.1. The topological polar surface area (TPSA) is 69.7 Å². The lowest BCUT2D eigenvalue weighted by Crippen LogP contribution is -2.35. The molecular weight excluding hydrogens is 364 g/mol. The normalized spacial score (nSPS) is 22.5. The molecule has 0 bridgehead atoms. The number of Topliss-reactive ketones (excluding diaryl/α,β-unsaturated/α-hetero) is 1. The van der Waals surface area contributed by atoms with Gasteiger partial charge >= 0.3 is 11.9 Å². The number of esters is 2. The van der Waals surface area contributed by atoms with Crippen molar-refractivity contribution < 1.29 is 23.9 Å². The van der Waals surface area contributed by atoms with Crippen LogP contribution in [0.3, 0.4) is 0 Å². The molecule has 0 N–H and O–H groups in total. The summed E-state index contributed by atoms with van der Waals surface area (Å²) >= 11 is 3.32. The van der Waals surface area contributed by atoms with Gasteiger partial charge in [0.25, 0.3) is 0 Å². The number of hydrogen-bond acceptors (Lipinski definition) is 5. The molecule has 124 valence electrons. The van der Waals surface area contributed by atoms with Crippen LogP contribution in [0.5, 0.6) is 0 Å². The van der Waals surface area contributed by atoms with Crippen molar-refractivity contribution in [2.24, 2.45) is 11.8 Å². The molecule has 2 rings (SSSR count). The lowest BCUT2D eigenvalue weighted by molar-refractivity contribution is -0.157. The first-order chi connectivity index (χ1) is 10.8. The van der Waals surface area contributed by atoms with Crippen molar-refractivity contribution in [3.63, 3.8) is 0 Å². The number of benzene rings is 1. The highest BCUT2D eigenvalue weighted by atomic mass is 79.9. The summed E-state index contributed by atoms with van der Waals surface area (Å²) in [5.74, 6) is -2.99. The minimum atomic E-state index is -1.05. The quantitative estimate of drug-likeness (QED) is 0.444. The van der Waals surface area contributed by atoms with Gasteiger partial charge in [-0.1, -0.05) is 28.1 Å². The fraction of sp³-hybridized carbons (Fsp3) is 0.471. The molecule has 5 nitrogen and oxygen atoms in total. The molecule has 1 heterocycles. The first kappa shape index (κ1) is 17.7. The van der Waals surface area contributed by atoms with Crippen LogP contribution in [0, 0.1) is 11.8 Å². The molecule has 2 atom stereocenters. The minimum absolute atomic E-state index is 0.0455. The Hall–Kier alpha value is -1.69. The van der Waals surface area contributed by atoms with E-state index in [1.54, 1.807) is 45.0 Å². The molecule has 0 radical (unpaired) electrons. The number of cyclic esters (lactones) is 1. The second-order valence-electron chi connectivity index (χ2n) is 5.99. The molecule has 1 aliphatic heterocycles. The van der Waals surface area contributed by atoms with Gasteiger partial charge in [0.2, 0.25) is 0 Å². The van der Waals surface area contributed by atoms with Gasteiger partial charge in [-0.15, -0.1) is 0 Å². The van der Waals surface area contributed by atoms with E-state index in [9.17, 15) is 14.4 Å². The fourth-order valence-corrected chi connectivity index (χ4v) is 3.04. The van der Waals surface area contributed by atoms with Gasteiger partial charge in [-0.05, 0) is 32.9 Å². The van der Waals surface area contributed by atoms with Crippen LogP contribution in [0.4, 0.5) is 0 Å². The largest absolute Gasteiger partial charge is 0.465 e. The smallest absolute Gasteiger partial charge is 0.321 e. The Morgan fingerprint density at radius 2 is 1.87 bits per heavy atom. The summed E-state index contributed by atoms with van der Waals surface area (Å²) in [5, 5.41) is 0. The molecule has 1 aromatic rings. The lowest BCUT2D eigenvalue weighted by atomic mass is 9.79. The Bertz CT molecular complexity index is 620. The monoisotopic (exact) mass is 382 g/mol. The number of rotatable bonds is 5. The maximum Gasteiger partial charge on any atom is 0.321 e.